The summed E-state index contributed by atoms with van der Waals surface area (Å²) < 4.78 is 2.11. The van der Waals surface area contributed by atoms with Crippen molar-refractivity contribution in [2.24, 2.45) is 0 Å². The molecule has 2 aromatic carbocycles. The summed E-state index contributed by atoms with van der Waals surface area (Å²) in [4.78, 5) is 6.72. The summed E-state index contributed by atoms with van der Waals surface area (Å²) in [6.07, 6.45) is 5.86. The van der Waals surface area contributed by atoms with Crippen LogP contribution in [0.3, 0.4) is 0 Å². The number of benzene rings is 2. The Balaban J connectivity index is 1.76. The molecule has 0 atom stereocenters. The van der Waals surface area contributed by atoms with Gasteiger partial charge in [0.25, 0.3) is 0 Å². The van der Waals surface area contributed by atoms with Crippen LogP contribution in [-0.4, -0.2) is 21.8 Å². The number of hydrogen-bond donors (Lipinski definition) is 1. The molecule has 1 N–H and O–H groups in total. The molecular weight excluding hydrogens is 412 g/mol. The highest BCUT2D eigenvalue weighted by Crippen LogP contribution is 2.36. The fourth-order valence-electron chi connectivity index (χ4n) is 3.52. The van der Waals surface area contributed by atoms with Gasteiger partial charge in [0.15, 0.2) is 0 Å². The molecule has 0 bridgehead atoms. The molecule has 2 aromatic heterocycles. The highest BCUT2D eigenvalue weighted by Gasteiger charge is 2.20. The predicted octanol–water partition coefficient (Wildman–Crippen LogP) is 6.70. The van der Waals surface area contributed by atoms with Gasteiger partial charge in [0, 0.05) is 39.7 Å². The van der Waals surface area contributed by atoms with Crippen molar-refractivity contribution in [2.75, 3.05) is 7.05 Å². The number of pyridine rings is 1. The molecule has 4 rings (SSSR count). The number of fused-ring (bicyclic) bond motifs is 1. The Hall–Kier alpha value is -3.31. The average Bonchev–Trinajstić information content (AvgIpc) is 3.16. The summed E-state index contributed by atoms with van der Waals surface area (Å²) in [7, 11) is 1.90. The van der Waals surface area contributed by atoms with Crippen LogP contribution in [0.5, 0.6) is 0 Å². The van der Waals surface area contributed by atoms with E-state index in [-0.39, 0.29) is 5.54 Å². The Bertz CT molecular complexity index is 1280. The van der Waals surface area contributed by atoms with Crippen LogP contribution in [0.25, 0.3) is 28.8 Å². The van der Waals surface area contributed by atoms with Crippen LogP contribution in [-0.2, 0) is 5.54 Å². The van der Waals surface area contributed by atoms with Crippen LogP contribution in [0.4, 0.5) is 0 Å². The van der Waals surface area contributed by atoms with Gasteiger partial charge in [0.1, 0.15) is 0 Å². The molecule has 4 nitrogen and oxygen atoms in total. The highest BCUT2D eigenvalue weighted by molar-refractivity contribution is 7.99. The third kappa shape index (κ3) is 4.63. The molecular formula is C27H28N4S. The van der Waals surface area contributed by atoms with E-state index < -0.39 is 0 Å². The van der Waals surface area contributed by atoms with E-state index in [4.69, 9.17) is 5.10 Å². The summed E-state index contributed by atoms with van der Waals surface area (Å²) >= 11 is 1.74. The molecule has 0 aliphatic heterocycles. The van der Waals surface area contributed by atoms with Crippen LogP contribution < -0.4 is 5.32 Å². The van der Waals surface area contributed by atoms with Gasteiger partial charge >= 0.3 is 0 Å². The van der Waals surface area contributed by atoms with Gasteiger partial charge in [-0.05, 0) is 69.3 Å². The zero-order valence-corrected chi connectivity index (χ0v) is 19.8. The van der Waals surface area contributed by atoms with Crippen molar-refractivity contribution in [1.82, 2.24) is 20.1 Å². The van der Waals surface area contributed by atoms with Gasteiger partial charge in [0.2, 0.25) is 0 Å². The van der Waals surface area contributed by atoms with Crippen LogP contribution in [0.15, 0.2) is 83.2 Å². The van der Waals surface area contributed by atoms with Crippen LogP contribution >= 0.6 is 11.8 Å². The van der Waals surface area contributed by atoms with Crippen molar-refractivity contribution in [1.29, 1.82) is 0 Å². The minimum Gasteiger partial charge on any atom is -0.388 e. The largest absolute Gasteiger partial charge is 0.388 e. The van der Waals surface area contributed by atoms with Crippen molar-refractivity contribution in [3.8, 4) is 0 Å². The van der Waals surface area contributed by atoms with E-state index in [9.17, 15) is 0 Å². The van der Waals surface area contributed by atoms with Crippen molar-refractivity contribution in [2.45, 2.75) is 36.1 Å². The molecule has 0 spiro atoms. The van der Waals surface area contributed by atoms with E-state index in [1.165, 1.54) is 9.79 Å². The quantitative estimate of drug-likeness (QED) is 0.362. The van der Waals surface area contributed by atoms with E-state index in [1.54, 1.807) is 18.0 Å². The van der Waals surface area contributed by atoms with Gasteiger partial charge in [-0.1, -0.05) is 42.6 Å². The molecule has 5 heteroatoms. The molecule has 0 saturated heterocycles. The second-order valence-corrected chi connectivity index (χ2v) is 9.68. The number of aromatic nitrogens is 3. The lowest BCUT2D eigenvalue weighted by atomic mass is 10.1. The summed E-state index contributed by atoms with van der Waals surface area (Å²) in [5.74, 6) is 0. The SMILES string of the molecule is C=C(NC)c1ccccc1Sc1ccc2c(/C=C/c3ccccn3)nn(C(C)(C)C)c2c1. The lowest BCUT2D eigenvalue weighted by Gasteiger charge is -2.20. The molecule has 0 fully saturated rings. The standard InChI is InChI=1S/C27H28N4S/c1-19(28-5)22-11-6-7-12-26(22)32-21-14-15-23-24(16-13-20-10-8-9-17-29-20)30-31(25(23)18-21)27(2,3)4/h6-18,28H,1H2,2-5H3/b16-13+. The highest BCUT2D eigenvalue weighted by atomic mass is 32.2. The average molecular weight is 441 g/mol. The molecule has 0 aliphatic rings. The van der Waals surface area contributed by atoms with Crippen molar-refractivity contribution >= 4 is 40.5 Å². The summed E-state index contributed by atoms with van der Waals surface area (Å²) in [5.41, 5.74) is 4.87. The number of rotatable bonds is 6. The third-order valence-electron chi connectivity index (χ3n) is 5.16. The van der Waals surface area contributed by atoms with Crippen LogP contribution in [0.2, 0.25) is 0 Å². The Morgan fingerprint density at radius 1 is 1.03 bits per heavy atom. The first-order valence-corrected chi connectivity index (χ1v) is 11.4. The van der Waals surface area contributed by atoms with Crippen molar-refractivity contribution in [3.05, 3.63) is 90.4 Å². The van der Waals surface area contributed by atoms with Gasteiger partial charge < -0.3 is 5.32 Å². The first kappa shape index (κ1) is 21.9. The fraction of sp³-hybridized carbons (Fsp3) is 0.185. The first-order chi connectivity index (χ1) is 15.4. The predicted molar refractivity (Wildman–Crippen MR) is 137 cm³/mol. The normalized spacial score (nSPS) is 11.9. The Morgan fingerprint density at radius 3 is 2.53 bits per heavy atom. The van der Waals surface area contributed by atoms with E-state index in [1.807, 2.05) is 43.5 Å². The fourth-order valence-corrected chi connectivity index (χ4v) is 4.53. The maximum absolute atomic E-state index is 4.95. The minimum absolute atomic E-state index is 0.142. The lowest BCUT2D eigenvalue weighted by Crippen LogP contribution is -2.23. The van der Waals surface area contributed by atoms with E-state index in [0.717, 1.165) is 33.6 Å². The first-order valence-electron chi connectivity index (χ1n) is 10.6. The molecule has 0 saturated carbocycles. The molecule has 2 heterocycles. The molecule has 162 valence electrons. The summed E-state index contributed by atoms with van der Waals surface area (Å²) in [5, 5.41) is 9.24. The zero-order chi connectivity index (χ0) is 22.7. The Morgan fingerprint density at radius 2 is 1.81 bits per heavy atom. The molecule has 0 radical (unpaired) electrons. The topological polar surface area (TPSA) is 42.7 Å². The molecule has 0 unspecified atom stereocenters. The second kappa shape index (κ2) is 9.05. The maximum atomic E-state index is 4.95. The van der Waals surface area contributed by atoms with E-state index in [0.29, 0.717) is 0 Å². The van der Waals surface area contributed by atoms with Gasteiger partial charge in [-0.3, -0.25) is 9.67 Å². The number of hydrogen-bond acceptors (Lipinski definition) is 4. The summed E-state index contributed by atoms with van der Waals surface area (Å²) in [6, 6.07) is 20.8. The summed E-state index contributed by atoms with van der Waals surface area (Å²) in [6.45, 7) is 10.7. The molecule has 32 heavy (non-hydrogen) atoms. The van der Waals surface area contributed by atoms with Crippen LogP contribution in [0, 0.1) is 0 Å². The van der Waals surface area contributed by atoms with Crippen molar-refractivity contribution < 1.29 is 0 Å². The maximum Gasteiger partial charge on any atom is 0.0930 e. The minimum atomic E-state index is -0.142. The Labute approximate surface area is 194 Å². The zero-order valence-electron chi connectivity index (χ0n) is 19.0. The monoisotopic (exact) mass is 440 g/mol. The molecule has 0 aliphatic carbocycles. The molecule has 4 aromatic rings. The van der Waals surface area contributed by atoms with Crippen molar-refractivity contribution in [3.63, 3.8) is 0 Å². The van der Waals surface area contributed by atoms with Gasteiger partial charge in [-0.15, -0.1) is 0 Å². The van der Waals surface area contributed by atoms with Crippen LogP contribution in [0.1, 0.15) is 37.7 Å². The van der Waals surface area contributed by atoms with Gasteiger partial charge in [-0.25, -0.2) is 0 Å². The van der Waals surface area contributed by atoms with E-state index in [2.05, 4.69) is 78.7 Å². The van der Waals surface area contributed by atoms with E-state index >= 15 is 0 Å². The molecule has 0 amide bonds. The lowest BCUT2D eigenvalue weighted by molar-refractivity contribution is 0.367. The van der Waals surface area contributed by atoms with Gasteiger partial charge in [-0.2, -0.15) is 5.10 Å². The number of nitrogens with zero attached hydrogens (tertiary/aromatic N) is 3. The second-order valence-electron chi connectivity index (χ2n) is 8.56. The smallest absolute Gasteiger partial charge is 0.0930 e. The number of nitrogens with one attached hydrogen (secondary N) is 1. The van der Waals surface area contributed by atoms with Gasteiger partial charge in [0.05, 0.1) is 22.4 Å². The Kier molecular flexibility index (Phi) is 6.19. The third-order valence-corrected chi connectivity index (χ3v) is 6.22.